The predicted molar refractivity (Wildman–Crippen MR) is 99.0 cm³/mol. The van der Waals surface area contributed by atoms with Crippen molar-refractivity contribution in [2.45, 2.75) is 19.0 Å². The maximum Gasteiger partial charge on any atom is 0.231 e. The SMILES string of the molecule is O=[C]CN1CCN(Cc2ccc3c(c2)OCO3)C(Cc2ccccc2)C1. The van der Waals surface area contributed by atoms with E-state index in [-0.39, 0.29) is 0 Å². The fourth-order valence-corrected chi connectivity index (χ4v) is 3.75. The summed E-state index contributed by atoms with van der Waals surface area (Å²) in [5, 5.41) is 0. The van der Waals surface area contributed by atoms with Crippen molar-refractivity contribution in [3.8, 4) is 11.5 Å². The molecule has 26 heavy (non-hydrogen) atoms. The lowest BCUT2D eigenvalue weighted by molar-refractivity contribution is 0.0771. The summed E-state index contributed by atoms with van der Waals surface area (Å²) in [6.45, 7) is 4.28. The van der Waals surface area contributed by atoms with Crippen LogP contribution in [0.3, 0.4) is 0 Å². The zero-order valence-electron chi connectivity index (χ0n) is 14.8. The van der Waals surface area contributed by atoms with Crippen LogP contribution in [0, 0.1) is 0 Å². The Morgan fingerprint density at radius 2 is 1.85 bits per heavy atom. The second kappa shape index (κ2) is 7.89. The van der Waals surface area contributed by atoms with Gasteiger partial charge in [-0.3, -0.25) is 14.6 Å². The van der Waals surface area contributed by atoms with Gasteiger partial charge in [-0.25, -0.2) is 0 Å². The predicted octanol–water partition coefficient (Wildman–Crippen LogP) is 2.25. The van der Waals surface area contributed by atoms with Crippen molar-refractivity contribution in [3.05, 3.63) is 59.7 Å². The third-order valence-electron chi connectivity index (χ3n) is 5.11. The Hall–Kier alpha value is -2.37. The van der Waals surface area contributed by atoms with Gasteiger partial charge in [0.05, 0.1) is 6.54 Å². The van der Waals surface area contributed by atoms with Crippen LogP contribution in [0.1, 0.15) is 11.1 Å². The molecule has 5 nitrogen and oxygen atoms in total. The largest absolute Gasteiger partial charge is 0.454 e. The van der Waals surface area contributed by atoms with Crippen LogP contribution < -0.4 is 9.47 Å². The molecule has 0 aliphatic carbocycles. The molecule has 0 amide bonds. The molecule has 2 aliphatic heterocycles. The highest BCUT2D eigenvalue weighted by Gasteiger charge is 2.27. The van der Waals surface area contributed by atoms with E-state index >= 15 is 0 Å². The summed E-state index contributed by atoms with van der Waals surface area (Å²) in [4.78, 5) is 15.5. The molecule has 2 aromatic carbocycles. The van der Waals surface area contributed by atoms with Crippen LogP contribution in [0.5, 0.6) is 11.5 Å². The average Bonchev–Trinajstić information content (AvgIpc) is 3.13. The van der Waals surface area contributed by atoms with Crippen LogP contribution in [0.2, 0.25) is 0 Å². The third-order valence-corrected chi connectivity index (χ3v) is 5.11. The van der Waals surface area contributed by atoms with E-state index in [4.69, 9.17) is 9.47 Å². The number of hydrogen-bond donors (Lipinski definition) is 0. The summed E-state index contributed by atoms with van der Waals surface area (Å²) in [5.41, 5.74) is 2.55. The number of fused-ring (bicyclic) bond motifs is 1. The van der Waals surface area contributed by atoms with Crippen LogP contribution in [-0.2, 0) is 17.8 Å². The molecule has 1 atom stereocenters. The number of benzene rings is 2. The van der Waals surface area contributed by atoms with E-state index in [2.05, 4.69) is 46.2 Å². The lowest BCUT2D eigenvalue weighted by Crippen LogP contribution is -2.53. The van der Waals surface area contributed by atoms with Crippen molar-refractivity contribution in [3.63, 3.8) is 0 Å². The summed E-state index contributed by atoms with van der Waals surface area (Å²) < 4.78 is 10.9. The minimum Gasteiger partial charge on any atom is -0.454 e. The maximum absolute atomic E-state index is 10.8. The molecule has 2 aliphatic rings. The summed E-state index contributed by atoms with van der Waals surface area (Å²) in [6.07, 6.45) is 3.01. The molecule has 4 rings (SSSR count). The van der Waals surface area contributed by atoms with Crippen LogP contribution in [0.15, 0.2) is 48.5 Å². The van der Waals surface area contributed by atoms with Gasteiger partial charge in [0.15, 0.2) is 11.5 Å². The Morgan fingerprint density at radius 3 is 2.69 bits per heavy atom. The number of ether oxygens (including phenoxy) is 2. The van der Waals surface area contributed by atoms with Gasteiger partial charge >= 0.3 is 0 Å². The van der Waals surface area contributed by atoms with E-state index in [1.807, 2.05) is 18.4 Å². The first-order valence-electron chi connectivity index (χ1n) is 9.05. The normalized spacial score (nSPS) is 20.2. The van der Waals surface area contributed by atoms with Gasteiger partial charge in [-0.1, -0.05) is 36.4 Å². The van der Waals surface area contributed by atoms with Crippen LogP contribution in [0.25, 0.3) is 0 Å². The zero-order valence-corrected chi connectivity index (χ0v) is 14.8. The van der Waals surface area contributed by atoms with E-state index in [9.17, 15) is 4.79 Å². The number of hydrogen-bond acceptors (Lipinski definition) is 5. The standard InChI is InChI=1S/C21H23N2O3/c24-11-10-22-8-9-23(19(15-22)12-17-4-2-1-3-5-17)14-18-6-7-20-21(13-18)26-16-25-20/h1-7,13,19H,8-10,12,14-16H2. The summed E-state index contributed by atoms with van der Waals surface area (Å²) in [7, 11) is 0. The first-order valence-corrected chi connectivity index (χ1v) is 9.05. The molecule has 1 radical (unpaired) electrons. The molecule has 1 saturated heterocycles. The highest BCUT2D eigenvalue weighted by atomic mass is 16.7. The Bertz CT molecular complexity index is 750. The number of nitrogens with zero attached hydrogens (tertiary/aromatic N) is 2. The molecule has 0 bridgehead atoms. The zero-order chi connectivity index (χ0) is 17.8. The minimum absolute atomic E-state index is 0.302. The van der Waals surface area contributed by atoms with Crippen molar-refractivity contribution in [2.75, 3.05) is 33.0 Å². The smallest absolute Gasteiger partial charge is 0.231 e. The average molecular weight is 351 g/mol. The van der Waals surface area contributed by atoms with Gasteiger partial charge in [0.2, 0.25) is 13.1 Å². The van der Waals surface area contributed by atoms with Gasteiger partial charge < -0.3 is 9.47 Å². The van der Waals surface area contributed by atoms with Gasteiger partial charge in [0.25, 0.3) is 0 Å². The second-order valence-corrected chi connectivity index (χ2v) is 6.88. The van der Waals surface area contributed by atoms with Gasteiger partial charge in [-0.2, -0.15) is 0 Å². The van der Waals surface area contributed by atoms with Gasteiger partial charge in [-0.15, -0.1) is 0 Å². The lowest BCUT2D eigenvalue weighted by Gasteiger charge is -2.41. The molecular formula is C21H23N2O3. The van der Waals surface area contributed by atoms with E-state index in [1.165, 1.54) is 11.1 Å². The van der Waals surface area contributed by atoms with Crippen LogP contribution in [0.4, 0.5) is 0 Å². The van der Waals surface area contributed by atoms with Crippen LogP contribution in [-0.4, -0.2) is 55.1 Å². The summed E-state index contributed by atoms with van der Waals surface area (Å²) >= 11 is 0. The second-order valence-electron chi connectivity index (χ2n) is 6.88. The molecule has 0 N–H and O–H groups in total. The van der Waals surface area contributed by atoms with E-state index < -0.39 is 0 Å². The molecule has 2 heterocycles. The first kappa shape index (κ1) is 17.1. The topological polar surface area (TPSA) is 42.0 Å². The number of carbonyl (C=O) groups excluding carboxylic acids is 1. The van der Waals surface area contributed by atoms with Gasteiger partial charge in [0, 0.05) is 32.2 Å². The first-order chi connectivity index (χ1) is 12.8. The highest BCUT2D eigenvalue weighted by molar-refractivity contribution is 5.53. The molecule has 1 unspecified atom stereocenters. The molecule has 5 heteroatoms. The van der Waals surface area contributed by atoms with Crippen molar-refractivity contribution < 1.29 is 14.3 Å². The molecule has 1 fully saturated rings. The van der Waals surface area contributed by atoms with Crippen molar-refractivity contribution in [1.29, 1.82) is 0 Å². The maximum atomic E-state index is 10.8. The van der Waals surface area contributed by atoms with Crippen molar-refractivity contribution in [2.24, 2.45) is 0 Å². The van der Waals surface area contributed by atoms with E-state index in [0.717, 1.165) is 44.1 Å². The molecule has 0 spiro atoms. The van der Waals surface area contributed by atoms with Crippen LogP contribution >= 0.6 is 0 Å². The lowest BCUT2D eigenvalue weighted by atomic mass is 10.0. The quantitative estimate of drug-likeness (QED) is 0.799. The van der Waals surface area contributed by atoms with Crippen molar-refractivity contribution >= 4 is 6.29 Å². The molecular weight excluding hydrogens is 328 g/mol. The van der Waals surface area contributed by atoms with E-state index in [0.29, 0.717) is 19.4 Å². The molecule has 135 valence electrons. The van der Waals surface area contributed by atoms with Gasteiger partial charge in [0.1, 0.15) is 0 Å². The Labute approximate surface area is 154 Å². The monoisotopic (exact) mass is 351 g/mol. The Balaban J connectivity index is 1.49. The van der Waals surface area contributed by atoms with Crippen molar-refractivity contribution in [1.82, 2.24) is 9.80 Å². The summed E-state index contributed by atoms with van der Waals surface area (Å²) in [5.74, 6) is 1.65. The highest BCUT2D eigenvalue weighted by Crippen LogP contribution is 2.33. The fraction of sp³-hybridized carbons (Fsp3) is 0.381. The van der Waals surface area contributed by atoms with E-state index in [1.54, 1.807) is 0 Å². The molecule has 2 aromatic rings. The Kier molecular flexibility index (Phi) is 5.18. The number of rotatable bonds is 6. The minimum atomic E-state index is 0.302. The molecule has 0 aromatic heterocycles. The third kappa shape index (κ3) is 3.89. The molecule has 0 saturated carbocycles. The fourth-order valence-electron chi connectivity index (χ4n) is 3.75. The summed E-state index contributed by atoms with van der Waals surface area (Å²) in [6, 6.07) is 17.1. The number of piperazine rings is 1. The Morgan fingerprint density at radius 1 is 1.00 bits per heavy atom. The van der Waals surface area contributed by atoms with Gasteiger partial charge in [-0.05, 0) is 29.7 Å².